The van der Waals surface area contributed by atoms with Crippen molar-refractivity contribution in [2.24, 2.45) is 0 Å². The number of aromatic nitrogens is 1. The van der Waals surface area contributed by atoms with Gasteiger partial charge in [-0.15, -0.1) is 16.2 Å². The van der Waals surface area contributed by atoms with E-state index in [4.69, 9.17) is 0 Å². The standard InChI is InChI=1S/C12H12FN3O3S2/c1-8-14-10(7-20-8)6-12(17)15-16-21(18,19)11-4-2-9(13)3-5-11/h2-5,7,16H,6H2,1H3,(H,15,17). The predicted molar refractivity (Wildman–Crippen MR) is 75.4 cm³/mol. The number of thiazole rings is 1. The summed E-state index contributed by atoms with van der Waals surface area (Å²) in [6.45, 7) is 1.81. The van der Waals surface area contributed by atoms with Crippen molar-refractivity contribution in [2.75, 3.05) is 0 Å². The molecule has 0 saturated heterocycles. The van der Waals surface area contributed by atoms with Crippen LogP contribution in [-0.2, 0) is 21.2 Å². The van der Waals surface area contributed by atoms with E-state index in [1.54, 1.807) is 5.38 Å². The minimum Gasteiger partial charge on any atom is -0.277 e. The van der Waals surface area contributed by atoms with Crippen molar-refractivity contribution < 1.29 is 17.6 Å². The van der Waals surface area contributed by atoms with Crippen molar-refractivity contribution in [3.05, 3.63) is 46.2 Å². The highest BCUT2D eigenvalue weighted by Crippen LogP contribution is 2.09. The van der Waals surface area contributed by atoms with Gasteiger partial charge in [-0.25, -0.2) is 17.8 Å². The molecule has 1 heterocycles. The van der Waals surface area contributed by atoms with Crippen LogP contribution in [-0.4, -0.2) is 19.3 Å². The van der Waals surface area contributed by atoms with Crippen molar-refractivity contribution >= 4 is 27.3 Å². The number of amides is 1. The second kappa shape index (κ2) is 6.29. The molecule has 0 aliphatic heterocycles. The van der Waals surface area contributed by atoms with Crippen molar-refractivity contribution in [3.63, 3.8) is 0 Å². The van der Waals surface area contributed by atoms with Gasteiger partial charge in [-0.05, 0) is 31.2 Å². The summed E-state index contributed by atoms with van der Waals surface area (Å²) >= 11 is 1.40. The van der Waals surface area contributed by atoms with E-state index in [0.29, 0.717) is 5.69 Å². The number of carbonyl (C=O) groups excluding carboxylic acids is 1. The summed E-state index contributed by atoms with van der Waals surface area (Å²) in [6.07, 6.45) is -0.0315. The maximum atomic E-state index is 12.7. The fourth-order valence-electron chi connectivity index (χ4n) is 1.49. The summed E-state index contributed by atoms with van der Waals surface area (Å²) in [5.41, 5.74) is 2.65. The lowest BCUT2D eigenvalue weighted by molar-refractivity contribution is -0.120. The van der Waals surface area contributed by atoms with E-state index in [1.165, 1.54) is 11.3 Å². The number of rotatable bonds is 5. The van der Waals surface area contributed by atoms with Crippen LogP contribution in [0.15, 0.2) is 34.5 Å². The van der Waals surface area contributed by atoms with Gasteiger partial charge in [-0.1, -0.05) is 0 Å². The van der Waals surface area contributed by atoms with Crippen molar-refractivity contribution in [1.82, 2.24) is 15.2 Å². The Hall–Kier alpha value is -1.84. The first-order valence-electron chi connectivity index (χ1n) is 5.84. The zero-order chi connectivity index (χ0) is 15.5. The molecule has 0 aliphatic rings. The second-order valence-corrected chi connectivity index (χ2v) is 6.89. The summed E-state index contributed by atoms with van der Waals surface area (Å²) in [5.74, 6) is -1.08. The van der Waals surface area contributed by atoms with Gasteiger partial charge in [0.2, 0.25) is 5.91 Å². The molecule has 0 bridgehead atoms. The number of nitrogens with zero attached hydrogens (tertiary/aromatic N) is 1. The normalized spacial score (nSPS) is 11.3. The molecule has 2 aromatic rings. The molecule has 0 saturated carbocycles. The van der Waals surface area contributed by atoms with E-state index >= 15 is 0 Å². The van der Waals surface area contributed by atoms with Gasteiger partial charge < -0.3 is 0 Å². The van der Waals surface area contributed by atoms with Gasteiger partial charge in [0.05, 0.1) is 22.0 Å². The lowest BCUT2D eigenvalue weighted by Gasteiger charge is -2.07. The lowest BCUT2D eigenvalue weighted by atomic mass is 10.3. The highest BCUT2D eigenvalue weighted by atomic mass is 32.2. The fraction of sp³-hybridized carbons (Fsp3) is 0.167. The van der Waals surface area contributed by atoms with Gasteiger partial charge in [0.25, 0.3) is 10.0 Å². The monoisotopic (exact) mass is 329 g/mol. The van der Waals surface area contributed by atoms with Gasteiger partial charge in [0.1, 0.15) is 5.82 Å². The molecule has 1 aromatic heterocycles. The molecule has 0 aliphatic carbocycles. The molecule has 2 rings (SSSR count). The van der Waals surface area contributed by atoms with Crippen molar-refractivity contribution in [2.45, 2.75) is 18.2 Å². The number of hydrogen-bond acceptors (Lipinski definition) is 5. The number of sulfonamides is 1. The van der Waals surface area contributed by atoms with E-state index in [1.807, 2.05) is 11.8 Å². The van der Waals surface area contributed by atoms with Crippen LogP contribution in [0, 0.1) is 12.7 Å². The molecular formula is C12H12FN3O3S2. The van der Waals surface area contributed by atoms with E-state index in [0.717, 1.165) is 29.3 Å². The first kappa shape index (κ1) is 15.5. The average Bonchev–Trinajstić information content (AvgIpc) is 2.82. The molecular weight excluding hydrogens is 317 g/mol. The van der Waals surface area contributed by atoms with Crippen LogP contribution in [0.5, 0.6) is 0 Å². The zero-order valence-corrected chi connectivity index (χ0v) is 12.6. The van der Waals surface area contributed by atoms with E-state index in [-0.39, 0.29) is 11.3 Å². The number of hydrazine groups is 1. The molecule has 112 valence electrons. The Morgan fingerprint density at radius 2 is 2.00 bits per heavy atom. The van der Waals surface area contributed by atoms with Crippen molar-refractivity contribution in [1.29, 1.82) is 0 Å². The molecule has 2 N–H and O–H groups in total. The summed E-state index contributed by atoms with van der Waals surface area (Å²) in [4.78, 5) is 17.5. The highest BCUT2D eigenvalue weighted by molar-refractivity contribution is 7.89. The second-order valence-electron chi connectivity index (χ2n) is 4.14. The number of benzene rings is 1. The van der Waals surface area contributed by atoms with E-state index < -0.39 is 21.7 Å². The third-order valence-corrected chi connectivity index (χ3v) is 4.54. The fourth-order valence-corrected chi connectivity index (χ4v) is 2.97. The Kier molecular flexibility index (Phi) is 4.66. The van der Waals surface area contributed by atoms with Crippen LogP contribution < -0.4 is 10.3 Å². The van der Waals surface area contributed by atoms with Gasteiger partial charge >= 0.3 is 0 Å². The quantitative estimate of drug-likeness (QED) is 0.805. The van der Waals surface area contributed by atoms with Gasteiger partial charge in [0, 0.05) is 5.38 Å². The molecule has 9 heteroatoms. The SMILES string of the molecule is Cc1nc(CC(=O)NNS(=O)(=O)c2ccc(F)cc2)cs1. The first-order valence-corrected chi connectivity index (χ1v) is 8.20. The number of hydrogen-bond donors (Lipinski definition) is 2. The van der Waals surface area contributed by atoms with E-state index in [9.17, 15) is 17.6 Å². The maximum absolute atomic E-state index is 12.7. The van der Waals surface area contributed by atoms with Crippen LogP contribution in [0.1, 0.15) is 10.7 Å². The average molecular weight is 329 g/mol. The number of aryl methyl sites for hydroxylation is 1. The molecule has 6 nitrogen and oxygen atoms in total. The third-order valence-electron chi connectivity index (χ3n) is 2.46. The van der Waals surface area contributed by atoms with Crippen LogP contribution in [0.2, 0.25) is 0 Å². The Morgan fingerprint density at radius 3 is 2.57 bits per heavy atom. The van der Waals surface area contributed by atoms with Crippen molar-refractivity contribution in [3.8, 4) is 0 Å². The van der Waals surface area contributed by atoms with Gasteiger partial charge in [-0.2, -0.15) is 0 Å². The molecule has 1 amide bonds. The Balaban J connectivity index is 1.95. The summed E-state index contributed by atoms with van der Waals surface area (Å²) in [7, 11) is -3.93. The Bertz CT molecular complexity index is 741. The van der Waals surface area contributed by atoms with Gasteiger partial charge in [0.15, 0.2) is 0 Å². The molecule has 1 aromatic carbocycles. The first-order chi connectivity index (χ1) is 9.87. The zero-order valence-electron chi connectivity index (χ0n) is 11.0. The summed E-state index contributed by atoms with van der Waals surface area (Å²) < 4.78 is 36.4. The lowest BCUT2D eigenvalue weighted by Crippen LogP contribution is -2.42. The van der Waals surface area contributed by atoms with Crippen LogP contribution >= 0.6 is 11.3 Å². The van der Waals surface area contributed by atoms with Gasteiger partial charge in [-0.3, -0.25) is 10.2 Å². The molecule has 21 heavy (non-hydrogen) atoms. The largest absolute Gasteiger partial charge is 0.277 e. The predicted octanol–water partition coefficient (Wildman–Crippen LogP) is 1.14. The van der Waals surface area contributed by atoms with E-state index in [2.05, 4.69) is 10.4 Å². The van der Waals surface area contributed by atoms with Crippen LogP contribution in [0.4, 0.5) is 4.39 Å². The highest BCUT2D eigenvalue weighted by Gasteiger charge is 2.15. The topological polar surface area (TPSA) is 88.2 Å². The Labute approximate surface area is 125 Å². The summed E-state index contributed by atoms with van der Waals surface area (Å²) in [6, 6.07) is 4.25. The molecule has 0 atom stereocenters. The minimum atomic E-state index is -3.93. The molecule has 0 fully saturated rings. The molecule has 0 radical (unpaired) electrons. The minimum absolute atomic E-state index is 0.0315. The summed E-state index contributed by atoms with van der Waals surface area (Å²) in [5, 5.41) is 2.55. The Morgan fingerprint density at radius 1 is 1.33 bits per heavy atom. The van der Waals surface area contributed by atoms with Crippen LogP contribution in [0.3, 0.4) is 0 Å². The molecule has 0 spiro atoms. The third kappa shape index (κ3) is 4.31. The number of nitrogens with one attached hydrogen (secondary N) is 2. The maximum Gasteiger partial charge on any atom is 0.257 e. The molecule has 0 unspecified atom stereocenters. The number of carbonyl (C=O) groups is 1. The van der Waals surface area contributed by atoms with Crippen LogP contribution in [0.25, 0.3) is 0 Å². The smallest absolute Gasteiger partial charge is 0.257 e. The number of halogens is 1.